The quantitative estimate of drug-likeness (QED) is 0.896. The first kappa shape index (κ1) is 17.1. The van der Waals surface area contributed by atoms with Gasteiger partial charge in [-0.05, 0) is 36.1 Å². The van der Waals surface area contributed by atoms with Gasteiger partial charge in [-0.25, -0.2) is 4.79 Å². The van der Waals surface area contributed by atoms with E-state index in [2.05, 4.69) is 31.3 Å². The zero-order valence-electron chi connectivity index (χ0n) is 14.5. The van der Waals surface area contributed by atoms with Crippen molar-refractivity contribution in [3.8, 4) is 11.3 Å². The maximum atomic E-state index is 12.4. The molecule has 1 saturated heterocycles. The molecule has 3 N–H and O–H groups in total. The van der Waals surface area contributed by atoms with Gasteiger partial charge in [0.15, 0.2) is 5.76 Å². The summed E-state index contributed by atoms with van der Waals surface area (Å²) in [5.41, 5.74) is 7.43. The number of benzene rings is 1. The van der Waals surface area contributed by atoms with Crippen LogP contribution in [0.3, 0.4) is 0 Å². The zero-order valence-corrected chi connectivity index (χ0v) is 14.5. The van der Waals surface area contributed by atoms with E-state index in [9.17, 15) is 9.59 Å². The molecule has 0 unspecified atom stereocenters. The molecule has 0 radical (unpaired) electrons. The number of carbonyl (C=O) groups excluding carboxylic acids is 2. The second-order valence-electron chi connectivity index (χ2n) is 6.69. The number of hydrogen-bond acceptors (Lipinski definition) is 3. The molecule has 132 valence electrons. The first-order chi connectivity index (χ1) is 11.9. The number of likely N-dealkylation sites (tertiary alicyclic amines) is 1. The van der Waals surface area contributed by atoms with Gasteiger partial charge in [-0.1, -0.05) is 32.0 Å². The molecule has 1 aromatic carbocycles. The molecular weight excluding hydrogens is 318 g/mol. The SMILES string of the molecule is CC(C)c1cccc(-c2ccc(C(=O)N[C@@H]3CCN(C(N)=O)C3)o2)c1. The Labute approximate surface area is 147 Å². The lowest BCUT2D eigenvalue weighted by atomic mass is 10.0. The van der Waals surface area contributed by atoms with E-state index in [4.69, 9.17) is 10.2 Å². The summed E-state index contributed by atoms with van der Waals surface area (Å²) in [7, 11) is 0. The van der Waals surface area contributed by atoms with Crippen LogP contribution in [-0.4, -0.2) is 36.0 Å². The van der Waals surface area contributed by atoms with Crippen molar-refractivity contribution in [2.75, 3.05) is 13.1 Å². The van der Waals surface area contributed by atoms with Crippen molar-refractivity contribution in [1.82, 2.24) is 10.2 Å². The van der Waals surface area contributed by atoms with Crippen LogP contribution < -0.4 is 11.1 Å². The number of urea groups is 1. The van der Waals surface area contributed by atoms with E-state index in [1.54, 1.807) is 12.1 Å². The smallest absolute Gasteiger partial charge is 0.314 e. The fraction of sp³-hybridized carbons (Fsp3) is 0.368. The predicted molar refractivity (Wildman–Crippen MR) is 95.3 cm³/mol. The van der Waals surface area contributed by atoms with Gasteiger partial charge in [0.2, 0.25) is 0 Å². The molecule has 0 aliphatic carbocycles. The van der Waals surface area contributed by atoms with Crippen LogP contribution in [-0.2, 0) is 0 Å². The summed E-state index contributed by atoms with van der Waals surface area (Å²) in [6, 6.07) is 11.0. The Morgan fingerprint density at radius 1 is 1.28 bits per heavy atom. The minimum absolute atomic E-state index is 0.0992. The largest absolute Gasteiger partial charge is 0.451 e. The van der Waals surface area contributed by atoms with Gasteiger partial charge in [-0.3, -0.25) is 4.79 Å². The molecule has 1 aliphatic heterocycles. The minimum Gasteiger partial charge on any atom is -0.451 e. The molecule has 0 saturated carbocycles. The van der Waals surface area contributed by atoms with Crippen molar-refractivity contribution in [1.29, 1.82) is 0 Å². The molecule has 2 heterocycles. The molecule has 1 aromatic heterocycles. The van der Waals surface area contributed by atoms with Crippen molar-refractivity contribution in [2.45, 2.75) is 32.2 Å². The molecule has 0 spiro atoms. The van der Waals surface area contributed by atoms with Crippen molar-refractivity contribution in [2.24, 2.45) is 5.73 Å². The third-order valence-electron chi connectivity index (χ3n) is 4.50. The summed E-state index contributed by atoms with van der Waals surface area (Å²) < 4.78 is 5.73. The normalized spacial score (nSPS) is 17.1. The molecule has 3 amide bonds. The molecule has 1 atom stereocenters. The summed E-state index contributed by atoms with van der Waals surface area (Å²) in [6.07, 6.45) is 0.693. The van der Waals surface area contributed by atoms with Gasteiger partial charge in [0, 0.05) is 24.7 Å². The third kappa shape index (κ3) is 3.84. The Bertz CT molecular complexity index is 782. The fourth-order valence-electron chi connectivity index (χ4n) is 3.00. The van der Waals surface area contributed by atoms with Gasteiger partial charge in [0.1, 0.15) is 5.76 Å². The second-order valence-corrected chi connectivity index (χ2v) is 6.69. The van der Waals surface area contributed by atoms with E-state index in [0.29, 0.717) is 31.2 Å². The van der Waals surface area contributed by atoms with Crippen LogP contribution in [0.15, 0.2) is 40.8 Å². The van der Waals surface area contributed by atoms with Crippen molar-refractivity contribution >= 4 is 11.9 Å². The van der Waals surface area contributed by atoms with Gasteiger partial charge in [-0.2, -0.15) is 0 Å². The summed E-state index contributed by atoms with van der Waals surface area (Å²) >= 11 is 0. The number of rotatable bonds is 4. The molecule has 6 nitrogen and oxygen atoms in total. The van der Waals surface area contributed by atoms with Gasteiger partial charge in [0.25, 0.3) is 5.91 Å². The highest BCUT2D eigenvalue weighted by Crippen LogP contribution is 2.26. The fourth-order valence-corrected chi connectivity index (χ4v) is 3.00. The lowest BCUT2D eigenvalue weighted by Gasteiger charge is -2.13. The van der Waals surface area contributed by atoms with Crippen LogP contribution in [0.25, 0.3) is 11.3 Å². The van der Waals surface area contributed by atoms with Crippen LogP contribution in [0.5, 0.6) is 0 Å². The topological polar surface area (TPSA) is 88.6 Å². The number of carbonyl (C=O) groups is 2. The predicted octanol–water partition coefficient (Wildman–Crippen LogP) is 2.95. The highest BCUT2D eigenvalue weighted by molar-refractivity contribution is 5.92. The van der Waals surface area contributed by atoms with Crippen LogP contribution in [0, 0.1) is 0 Å². The summed E-state index contributed by atoms with van der Waals surface area (Å²) in [6.45, 7) is 5.27. The lowest BCUT2D eigenvalue weighted by Crippen LogP contribution is -2.39. The van der Waals surface area contributed by atoms with E-state index >= 15 is 0 Å². The van der Waals surface area contributed by atoms with E-state index in [1.807, 2.05) is 12.1 Å². The Balaban J connectivity index is 1.68. The van der Waals surface area contributed by atoms with Crippen LogP contribution in [0.2, 0.25) is 0 Å². The molecule has 1 aliphatic rings. The van der Waals surface area contributed by atoms with Gasteiger partial charge < -0.3 is 20.4 Å². The van der Waals surface area contributed by atoms with E-state index < -0.39 is 6.03 Å². The number of amides is 3. The number of nitrogens with two attached hydrogens (primary N) is 1. The summed E-state index contributed by atoms with van der Waals surface area (Å²) in [4.78, 5) is 25.0. The van der Waals surface area contributed by atoms with Gasteiger partial charge in [0.05, 0.1) is 0 Å². The monoisotopic (exact) mass is 341 g/mol. The zero-order chi connectivity index (χ0) is 18.0. The van der Waals surface area contributed by atoms with Crippen molar-refractivity contribution < 1.29 is 14.0 Å². The van der Waals surface area contributed by atoms with E-state index in [1.165, 1.54) is 10.5 Å². The molecule has 25 heavy (non-hydrogen) atoms. The molecule has 1 fully saturated rings. The maximum absolute atomic E-state index is 12.4. The van der Waals surface area contributed by atoms with Crippen molar-refractivity contribution in [3.63, 3.8) is 0 Å². The van der Waals surface area contributed by atoms with E-state index in [-0.39, 0.29) is 17.7 Å². The van der Waals surface area contributed by atoms with Crippen molar-refractivity contribution in [3.05, 3.63) is 47.7 Å². The summed E-state index contributed by atoms with van der Waals surface area (Å²) in [5.74, 6) is 1.08. The molecular formula is C19H23N3O3. The number of hydrogen-bond donors (Lipinski definition) is 2. The second kappa shape index (κ2) is 7.01. The molecule has 2 aromatic rings. The highest BCUT2D eigenvalue weighted by atomic mass is 16.3. The average molecular weight is 341 g/mol. The Kier molecular flexibility index (Phi) is 4.79. The highest BCUT2D eigenvalue weighted by Gasteiger charge is 2.27. The van der Waals surface area contributed by atoms with Crippen LogP contribution in [0.1, 0.15) is 42.3 Å². The Hall–Kier alpha value is -2.76. The standard InChI is InChI=1S/C19H23N3O3/c1-12(2)13-4-3-5-14(10-13)16-6-7-17(25-16)18(23)21-15-8-9-22(11-15)19(20)24/h3-7,10,12,15H,8-9,11H2,1-2H3,(H2,20,24)(H,21,23)/t15-/m1/s1. The average Bonchev–Trinajstić information content (AvgIpc) is 3.24. The number of nitrogens with one attached hydrogen (secondary N) is 1. The van der Waals surface area contributed by atoms with Gasteiger partial charge >= 0.3 is 6.03 Å². The number of primary amides is 1. The molecule has 0 bridgehead atoms. The Morgan fingerprint density at radius 2 is 2.08 bits per heavy atom. The first-order valence-corrected chi connectivity index (χ1v) is 8.49. The molecule has 3 rings (SSSR count). The maximum Gasteiger partial charge on any atom is 0.314 e. The van der Waals surface area contributed by atoms with Gasteiger partial charge in [-0.15, -0.1) is 0 Å². The minimum atomic E-state index is -0.456. The third-order valence-corrected chi connectivity index (χ3v) is 4.50. The first-order valence-electron chi connectivity index (χ1n) is 8.49. The Morgan fingerprint density at radius 3 is 2.76 bits per heavy atom. The van der Waals surface area contributed by atoms with Crippen LogP contribution >= 0.6 is 0 Å². The lowest BCUT2D eigenvalue weighted by molar-refractivity contribution is 0.0911. The number of furan rings is 1. The summed E-state index contributed by atoms with van der Waals surface area (Å²) in [5, 5.41) is 2.89. The number of nitrogens with zero attached hydrogens (tertiary/aromatic N) is 1. The van der Waals surface area contributed by atoms with E-state index in [0.717, 1.165) is 5.56 Å². The van der Waals surface area contributed by atoms with Crippen LogP contribution in [0.4, 0.5) is 4.79 Å². The molecule has 6 heteroatoms.